The van der Waals surface area contributed by atoms with Gasteiger partial charge in [0.1, 0.15) is 0 Å². The minimum atomic E-state index is -3.40. The molecule has 2 aromatic rings. The molecule has 3 rings (SSSR count). The first-order chi connectivity index (χ1) is 14.9. The standard InChI is InChI=1S/C24H31F2NO3S/c1-19-10-12-21(13-11-19)31(28,29)27-16-14-20(15-17-27)7-4-2-3-5-18-30-24-22(25)8-6-9-23(24)26/h6,8-13,20H,2-5,7,14-18H2,1H3. The fraction of sp³-hybridized carbons (Fsp3) is 0.500. The number of benzene rings is 2. The van der Waals surface area contributed by atoms with E-state index in [-0.39, 0.29) is 5.75 Å². The van der Waals surface area contributed by atoms with Crippen molar-refractivity contribution in [3.63, 3.8) is 0 Å². The van der Waals surface area contributed by atoms with Gasteiger partial charge in [-0.3, -0.25) is 0 Å². The summed E-state index contributed by atoms with van der Waals surface area (Å²) < 4.78 is 59.4. The number of halogens is 2. The average molecular weight is 452 g/mol. The Bertz CT molecular complexity index is 920. The van der Waals surface area contributed by atoms with E-state index in [1.807, 2.05) is 19.1 Å². The Morgan fingerprint density at radius 3 is 2.19 bits per heavy atom. The van der Waals surface area contributed by atoms with Gasteiger partial charge in [-0.15, -0.1) is 0 Å². The number of sulfonamides is 1. The third-order valence-corrected chi connectivity index (χ3v) is 7.82. The van der Waals surface area contributed by atoms with Crippen LogP contribution in [0.4, 0.5) is 8.78 Å². The lowest BCUT2D eigenvalue weighted by molar-refractivity contribution is 0.255. The minimum Gasteiger partial charge on any atom is -0.488 e. The second-order valence-electron chi connectivity index (χ2n) is 8.26. The molecule has 31 heavy (non-hydrogen) atoms. The normalized spacial score (nSPS) is 15.8. The van der Waals surface area contributed by atoms with Crippen LogP contribution in [0.3, 0.4) is 0 Å². The highest BCUT2D eigenvalue weighted by molar-refractivity contribution is 7.89. The van der Waals surface area contributed by atoms with Crippen LogP contribution in [0.1, 0.15) is 50.5 Å². The first-order valence-electron chi connectivity index (χ1n) is 11.0. The van der Waals surface area contributed by atoms with Crippen molar-refractivity contribution in [2.75, 3.05) is 19.7 Å². The topological polar surface area (TPSA) is 46.6 Å². The first-order valence-corrected chi connectivity index (χ1v) is 12.5. The van der Waals surface area contributed by atoms with E-state index in [1.165, 1.54) is 18.2 Å². The van der Waals surface area contributed by atoms with Crippen molar-refractivity contribution in [1.82, 2.24) is 4.31 Å². The van der Waals surface area contributed by atoms with E-state index >= 15 is 0 Å². The highest BCUT2D eigenvalue weighted by Gasteiger charge is 2.29. The monoisotopic (exact) mass is 451 g/mol. The smallest absolute Gasteiger partial charge is 0.243 e. The second-order valence-corrected chi connectivity index (χ2v) is 10.2. The summed E-state index contributed by atoms with van der Waals surface area (Å²) in [6.45, 7) is 3.39. The van der Waals surface area contributed by atoms with Gasteiger partial charge >= 0.3 is 0 Å². The molecule has 1 heterocycles. The summed E-state index contributed by atoms with van der Waals surface area (Å²) in [5, 5.41) is 0. The van der Waals surface area contributed by atoms with Crippen LogP contribution < -0.4 is 4.74 Å². The highest BCUT2D eigenvalue weighted by atomic mass is 32.2. The number of aryl methyl sites for hydroxylation is 1. The Morgan fingerprint density at radius 1 is 0.935 bits per heavy atom. The average Bonchev–Trinajstić information content (AvgIpc) is 2.75. The Labute approximate surface area is 184 Å². The molecule has 1 aliphatic rings. The van der Waals surface area contributed by atoms with Crippen LogP contribution in [0.5, 0.6) is 5.75 Å². The molecule has 0 radical (unpaired) electrons. The van der Waals surface area contributed by atoms with Crippen LogP contribution in [-0.2, 0) is 10.0 Å². The maximum atomic E-state index is 13.5. The van der Waals surface area contributed by atoms with Gasteiger partial charge in [0.25, 0.3) is 0 Å². The lowest BCUT2D eigenvalue weighted by Crippen LogP contribution is -2.38. The molecule has 0 bridgehead atoms. The molecule has 0 aliphatic carbocycles. The first kappa shape index (κ1) is 23.7. The van der Waals surface area contributed by atoms with Gasteiger partial charge in [0.15, 0.2) is 17.4 Å². The molecule has 1 saturated heterocycles. The number of piperidine rings is 1. The SMILES string of the molecule is Cc1ccc(S(=O)(=O)N2CCC(CCCCCCOc3c(F)cccc3F)CC2)cc1. The number of nitrogens with zero attached hydrogens (tertiary/aromatic N) is 1. The molecule has 0 atom stereocenters. The predicted molar refractivity (Wildman–Crippen MR) is 118 cm³/mol. The molecule has 0 amide bonds. The molecule has 4 nitrogen and oxygen atoms in total. The third kappa shape index (κ3) is 6.50. The van der Waals surface area contributed by atoms with Crippen molar-refractivity contribution in [1.29, 1.82) is 0 Å². The summed E-state index contributed by atoms with van der Waals surface area (Å²) in [6, 6.07) is 10.7. The lowest BCUT2D eigenvalue weighted by Gasteiger charge is -2.31. The van der Waals surface area contributed by atoms with Gasteiger partial charge in [0.05, 0.1) is 11.5 Å². The van der Waals surface area contributed by atoms with E-state index in [0.717, 1.165) is 50.5 Å². The van der Waals surface area contributed by atoms with Gasteiger partial charge in [0, 0.05) is 13.1 Å². The van der Waals surface area contributed by atoms with Gasteiger partial charge in [-0.25, -0.2) is 17.2 Å². The van der Waals surface area contributed by atoms with E-state index in [2.05, 4.69) is 0 Å². The van der Waals surface area contributed by atoms with Crippen molar-refractivity contribution in [2.24, 2.45) is 5.92 Å². The molecular weight excluding hydrogens is 420 g/mol. The van der Waals surface area contributed by atoms with Crippen LogP contribution in [0.2, 0.25) is 0 Å². The largest absolute Gasteiger partial charge is 0.488 e. The molecule has 0 saturated carbocycles. The van der Waals surface area contributed by atoms with E-state index in [0.29, 0.717) is 30.5 Å². The Kier molecular flexibility index (Phi) is 8.43. The summed E-state index contributed by atoms with van der Waals surface area (Å²) in [4.78, 5) is 0.369. The van der Waals surface area contributed by atoms with E-state index in [1.54, 1.807) is 16.4 Å². The summed E-state index contributed by atoms with van der Waals surface area (Å²) in [6.07, 6.45) is 6.66. The van der Waals surface area contributed by atoms with Crippen molar-refractivity contribution < 1.29 is 21.9 Å². The molecule has 7 heteroatoms. The van der Waals surface area contributed by atoms with Crippen LogP contribution >= 0.6 is 0 Å². The predicted octanol–water partition coefficient (Wildman–Crippen LogP) is 5.70. The van der Waals surface area contributed by atoms with E-state index in [9.17, 15) is 17.2 Å². The zero-order valence-corrected chi connectivity index (χ0v) is 18.8. The summed E-state index contributed by atoms with van der Waals surface area (Å²) in [5.41, 5.74) is 1.05. The van der Waals surface area contributed by atoms with Gasteiger partial charge in [-0.05, 0) is 56.4 Å². The molecule has 0 unspecified atom stereocenters. The quantitative estimate of drug-likeness (QED) is 0.435. The number of unbranched alkanes of at least 4 members (excludes halogenated alkanes) is 3. The van der Waals surface area contributed by atoms with Crippen molar-refractivity contribution in [2.45, 2.75) is 56.8 Å². The van der Waals surface area contributed by atoms with Crippen molar-refractivity contribution in [3.8, 4) is 5.75 Å². The number of ether oxygens (including phenoxy) is 1. The number of rotatable bonds is 10. The van der Waals surface area contributed by atoms with Crippen LogP contribution in [0.15, 0.2) is 47.4 Å². The van der Waals surface area contributed by atoms with Gasteiger partial charge in [-0.2, -0.15) is 4.31 Å². The molecule has 0 spiro atoms. The van der Waals surface area contributed by atoms with Crippen LogP contribution in [0, 0.1) is 24.5 Å². The zero-order valence-electron chi connectivity index (χ0n) is 18.0. The van der Waals surface area contributed by atoms with E-state index < -0.39 is 21.7 Å². The zero-order chi connectivity index (χ0) is 22.3. The third-order valence-electron chi connectivity index (χ3n) is 5.90. The molecule has 2 aromatic carbocycles. The van der Waals surface area contributed by atoms with Crippen molar-refractivity contribution >= 4 is 10.0 Å². The fourth-order valence-corrected chi connectivity index (χ4v) is 5.45. The van der Waals surface area contributed by atoms with Gasteiger partial charge < -0.3 is 4.74 Å². The van der Waals surface area contributed by atoms with Crippen molar-refractivity contribution in [3.05, 3.63) is 59.7 Å². The molecular formula is C24H31F2NO3S. The second kappa shape index (κ2) is 11.0. The van der Waals surface area contributed by atoms with Crippen LogP contribution in [0.25, 0.3) is 0 Å². The summed E-state index contributed by atoms with van der Waals surface area (Å²) in [7, 11) is -3.40. The van der Waals surface area contributed by atoms with Gasteiger partial charge in [0.2, 0.25) is 10.0 Å². The molecule has 1 fully saturated rings. The number of para-hydroxylation sites is 1. The molecule has 0 aromatic heterocycles. The molecule has 170 valence electrons. The molecule has 1 aliphatic heterocycles. The maximum Gasteiger partial charge on any atom is 0.243 e. The van der Waals surface area contributed by atoms with E-state index in [4.69, 9.17) is 4.74 Å². The Hall–Kier alpha value is -1.99. The summed E-state index contributed by atoms with van der Waals surface area (Å²) in [5.74, 6) is -1.09. The Morgan fingerprint density at radius 2 is 1.55 bits per heavy atom. The van der Waals surface area contributed by atoms with Crippen LogP contribution in [-0.4, -0.2) is 32.4 Å². The van der Waals surface area contributed by atoms with Gasteiger partial charge in [-0.1, -0.05) is 49.4 Å². The number of hydrogen-bond donors (Lipinski definition) is 0. The fourth-order valence-electron chi connectivity index (χ4n) is 3.98. The minimum absolute atomic E-state index is 0.296. The molecule has 0 N–H and O–H groups in total. The lowest BCUT2D eigenvalue weighted by atomic mass is 9.92. The Balaban J connectivity index is 1.30. The highest BCUT2D eigenvalue weighted by Crippen LogP contribution is 2.27. The number of hydrogen-bond acceptors (Lipinski definition) is 3. The maximum absolute atomic E-state index is 13.5. The summed E-state index contributed by atoms with van der Waals surface area (Å²) >= 11 is 0.